The lowest BCUT2D eigenvalue weighted by Crippen LogP contribution is -2.41. The minimum Gasteiger partial charge on any atom is -0.495 e. The number of hydrogen-bond donors (Lipinski definition) is 1. The van der Waals surface area contributed by atoms with E-state index in [2.05, 4.69) is 24.1 Å². The fourth-order valence-corrected chi connectivity index (χ4v) is 2.94. The van der Waals surface area contributed by atoms with Crippen molar-refractivity contribution >= 4 is 17.3 Å². The zero-order valence-electron chi connectivity index (χ0n) is 13.3. The summed E-state index contributed by atoms with van der Waals surface area (Å²) in [4.78, 5) is 2.36. The number of anilines is 1. The summed E-state index contributed by atoms with van der Waals surface area (Å²) in [6.07, 6.45) is 1.11. The first-order valence-corrected chi connectivity index (χ1v) is 7.84. The predicted molar refractivity (Wildman–Crippen MR) is 88.0 cm³/mol. The Kier molecular flexibility index (Phi) is 5.59. The summed E-state index contributed by atoms with van der Waals surface area (Å²) in [5.74, 6) is 2.07. The first kappa shape index (κ1) is 16.2. The van der Waals surface area contributed by atoms with Crippen molar-refractivity contribution in [2.24, 2.45) is 5.92 Å². The molecule has 0 aliphatic carbocycles. The maximum Gasteiger partial charge on any atom is 0.143 e. The van der Waals surface area contributed by atoms with Gasteiger partial charge in [0.1, 0.15) is 11.5 Å². The van der Waals surface area contributed by atoms with Crippen LogP contribution in [0.25, 0.3) is 0 Å². The van der Waals surface area contributed by atoms with Gasteiger partial charge in [0.15, 0.2) is 0 Å². The monoisotopic (exact) mass is 312 g/mol. The van der Waals surface area contributed by atoms with Crippen LogP contribution in [0.2, 0.25) is 5.02 Å². The summed E-state index contributed by atoms with van der Waals surface area (Å²) in [5.41, 5.74) is 1.05. The molecule has 0 bridgehead atoms. The van der Waals surface area contributed by atoms with Crippen LogP contribution in [0.1, 0.15) is 20.3 Å². The summed E-state index contributed by atoms with van der Waals surface area (Å²) >= 11 is 6.19. The van der Waals surface area contributed by atoms with Crippen LogP contribution in [0.4, 0.5) is 5.69 Å². The molecule has 1 aromatic rings. The predicted octanol–water partition coefficient (Wildman–Crippen LogP) is 3.18. The van der Waals surface area contributed by atoms with Crippen LogP contribution in [0, 0.1) is 5.92 Å². The van der Waals surface area contributed by atoms with E-state index in [-0.39, 0.29) is 0 Å². The zero-order chi connectivity index (χ0) is 15.4. The Morgan fingerprint density at radius 2 is 1.95 bits per heavy atom. The molecule has 0 amide bonds. The van der Waals surface area contributed by atoms with E-state index in [9.17, 15) is 0 Å². The van der Waals surface area contributed by atoms with E-state index in [1.165, 1.54) is 0 Å². The molecule has 0 radical (unpaired) electrons. The second kappa shape index (κ2) is 7.23. The molecule has 118 valence electrons. The Morgan fingerprint density at radius 1 is 1.24 bits per heavy atom. The lowest BCUT2D eigenvalue weighted by Gasteiger charge is -2.30. The van der Waals surface area contributed by atoms with E-state index in [0.717, 1.165) is 37.5 Å². The summed E-state index contributed by atoms with van der Waals surface area (Å²) in [5, 5.41) is 4.19. The van der Waals surface area contributed by atoms with Crippen molar-refractivity contribution in [3.05, 3.63) is 17.2 Å². The number of methoxy groups -OCH3 is 2. The molecule has 2 rings (SSSR count). The quantitative estimate of drug-likeness (QED) is 0.926. The number of rotatable bonds is 4. The molecule has 0 aromatic heterocycles. The molecule has 5 heteroatoms. The van der Waals surface area contributed by atoms with E-state index in [1.807, 2.05) is 12.1 Å². The highest BCUT2D eigenvalue weighted by Crippen LogP contribution is 2.38. The van der Waals surface area contributed by atoms with Crippen molar-refractivity contribution in [3.8, 4) is 11.5 Å². The van der Waals surface area contributed by atoms with E-state index in [4.69, 9.17) is 21.1 Å². The van der Waals surface area contributed by atoms with E-state index >= 15 is 0 Å². The van der Waals surface area contributed by atoms with Gasteiger partial charge in [-0.15, -0.1) is 0 Å². The Bertz CT molecular complexity index is 480. The minimum atomic E-state index is 0.471. The molecule has 21 heavy (non-hydrogen) atoms. The average molecular weight is 313 g/mol. The first-order valence-electron chi connectivity index (χ1n) is 7.46. The number of nitrogens with one attached hydrogen (secondary N) is 1. The highest BCUT2D eigenvalue weighted by atomic mass is 35.5. The van der Waals surface area contributed by atoms with Gasteiger partial charge in [-0.1, -0.05) is 25.4 Å². The van der Waals surface area contributed by atoms with E-state index in [1.54, 1.807) is 14.2 Å². The van der Waals surface area contributed by atoms with Gasteiger partial charge in [-0.05, 0) is 18.9 Å². The molecule has 1 aromatic carbocycles. The van der Waals surface area contributed by atoms with Crippen LogP contribution >= 0.6 is 11.6 Å². The molecule has 1 aliphatic rings. The summed E-state index contributed by atoms with van der Waals surface area (Å²) in [7, 11) is 3.32. The summed E-state index contributed by atoms with van der Waals surface area (Å²) in [6, 6.07) is 4.28. The molecule has 1 unspecified atom stereocenters. The number of halogens is 1. The van der Waals surface area contributed by atoms with Gasteiger partial charge in [0, 0.05) is 31.3 Å². The Hall–Kier alpha value is -1.13. The Balaban J connectivity index is 2.34. The molecule has 1 fully saturated rings. The Labute approximate surface area is 132 Å². The largest absolute Gasteiger partial charge is 0.495 e. The average Bonchev–Trinajstić information content (AvgIpc) is 2.72. The van der Waals surface area contributed by atoms with Gasteiger partial charge < -0.3 is 19.7 Å². The lowest BCUT2D eigenvalue weighted by atomic mass is 10.0. The number of nitrogens with zero attached hydrogens (tertiary/aromatic N) is 1. The van der Waals surface area contributed by atoms with Crippen LogP contribution in [0.3, 0.4) is 0 Å². The molecule has 0 saturated carbocycles. The SMILES string of the molecule is COc1cc(N2CCCNC(C(C)C)C2)c(OC)cc1Cl. The van der Waals surface area contributed by atoms with E-state index < -0.39 is 0 Å². The normalized spacial score (nSPS) is 19.5. The standard InChI is InChI=1S/C16H25ClN2O2/c1-11(2)13-10-19(7-5-6-18-13)14-9-15(20-3)12(17)8-16(14)21-4/h8-9,11,13,18H,5-7,10H2,1-4H3. The van der Waals surface area contributed by atoms with Crippen molar-refractivity contribution in [1.29, 1.82) is 0 Å². The van der Waals surface area contributed by atoms with Crippen molar-refractivity contribution in [1.82, 2.24) is 5.32 Å². The summed E-state index contributed by atoms with van der Waals surface area (Å²) in [6.45, 7) is 7.50. The molecular formula is C16H25ClN2O2. The zero-order valence-corrected chi connectivity index (χ0v) is 14.0. The number of hydrogen-bond acceptors (Lipinski definition) is 4. The third-order valence-corrected chi connectivity index (χ3v) is 4.32. The minimum absolute atomic E-state index is 0.471. The molecule has 1 heterocycles. The van der Waals surface area contributed by atoms with Crippen LogP contribution in [-0.4, -0.2) is 39.9 Å². The number of benzene rings is 1. The lowest BCUT2D eigenvalue weighted by molar-refractivity contribution is 0.399. The van der Waals surface area contributed by atoms with Crippen molar-refractivity contribution in [2.45, 2.75) is 26.3 Å². The third kappa shape index (κ3) is 3.74. The molecule has 1 aliphatic heterocycles. The fraction of sp³-hybridized carbons (Fsp3) is 0.625. The maximum absolute atomic E-state index is 6.19. The third-order valence-electron chi connectivity index (χ3n) is 4.03. The van der Waals surface area contributed by atoms with Crippen molar-refractivity contribution in [2.75, 3.05) is 38.8 Å². The van der Waals surface area contributed by atoms with Gasteiger partial charge in [0.05, 0.1) is 24.9 Å². The fourth-order valence-electron chi connectivity index (χ4n) is 2.71. The van der Waals surface area contributed by atoms with Crippen LogP contribution in [-0.2, 0) is 0 Å². The van der Waals surface area contributed by atoms with Gasteiger partial charge in [0.2, 0.25) is 0 Å². The number of ether oxygens (including phenoxy) is 2. The maximum atomic E-state index is 6.19. The van der Waals surface area contributed by atoms with Gasteiger partial charge >= 0.3 is 0 Å². The second-order valence-corrected chi connectivity index (χ2v) is 6.17. The highest BCUT2D eigenvalue weighted by Gasteiger charge is 2.23. The van der Waals surface area contributed by atoms with Crippen LogP contribution in [0.5, 0.6) is 11.5 Å². The smallest absolute Gasteiger partial charge is 0.143 e. The second-order valence-electron chi connectivity index (χ2n) is 5.76. The molecular weight excluding hydrogens is 288 g/mol. The molecule has 4 nitrogen and oxygen atoms in total. The van der Waals surface area contributed by atoms with Crippen molar-refractivity contribution < 1.29 is 9.47 Å². The molecule has 1 saturated heterocycles. The van der Waals surface area contributed by atoms with E-state index in [0.29, 0.717) is 22.7 Å². The topological polar surface area (TPSA) is 33.7 Å². The summed E-state index contributed by atoms with van der Waals surface area (Å²) < 4.78 is 10.9. The van der Waals surface area contributed by atoms with Gasteiger partial charge in [-0.2, -0.15) is 0 Å². The molecule has 1 N–H and O–H groups in total. The van der Waals surface area contributed by atoms with Gasteiger partial charge in [-0.25, -0.2) is 0 Å². The van der Waals surface area contributed by atoms with Gasteiger partial charge in [0.25, 0.3) is 0 Å². The first-order chi connectivity index (χ1) is 10.1. The van der Waals surface area contributed by atoms with Crippen molar-refractivity contribution in [3.63, 3.8) is 0 Å². The van der Waals surface area contributed by atoms with Crippen LogP contribution < -0.4 is 19.7 Å². The highest BCUT2D eigenvalue weighted by molar-refractivity contribution is 6.32. The Morgan fingerprint density at radius 3 is 2.57 bits per heavy atom. The van der Waals surface area contributed by atoms with Crippen LogP contribution in [0.15, 0.2) is 12.1 Å². The molecule has 1 atom stereocenters. The van der Waals surface area contributed by atoms with Gasteiger partial charge in [-0.3, -0.25) is 0 Å². The molecule has 0 spiro atoms.